The van der Waals surface area contributed by atoms with Crippen molar-refractivity contribution in [3.8, 4) is 0 Å². The second-order valence-electron chi connectivity index (χ2n) is 8.44. The molecule has 3 rings (SSSR count). The summed E-state index contributed by atoms with van der Waals surface area (Å²) in [6, 6.07) is 17.0. The molecule has 0 radical (unpaired) electrons. The predicted molar refractivity (Wildman–Crippen MR) is 116 cm³/mol. The molecule has 1 aliphatic rings. The number of carbonyl (C=O) groups excluding carboxylic acids is 1. The maximum absolute atomic E-state index is 11.1. The molecule has 0 unspecified atom stereocenters. The van der Waals surface area contributed by atoms with Gasteiger partial charge in [-0.3, -0.25) is 9.69 Å². The van der Waals surface area contributed by atoms with E-state index in [4.69, 9.17) is 0 Å². The van der Waals surface area contributed by atoms with Gasteiger partial charge in [0.25, 0.3) is 0 Å². The second kappa shape index (κ2) is 9.85. The molecule has 4 heteroatoms. The number of likely N-dealkylation sites (tertiary alicyclic amines) is 1. The van der Waals surface area contributed by atoms with E-state index in [1.807, 2.05) is 24.3 Å². The Hall–Kier alpha value is -2.17. The highest BCUT2D eigenvalue weighted by Gasteiger charge is 2.21. The van der Waals surface area contributed by atoms with E-state index in [1.165, 1.54) is 43.1 Å². The van der Waals surface area contributed by atoms with Gasteiger partial charge in [-0.1, -0.05) is 50.2 Å². The van der Waals surface area contributed by atoms with Gasteiger partial charge in [0.15, 0.2) is 0 Å². The van der Waals surface area contributed by atoms with Crippen LogP contribution in [0.15, 0.2) is 48.5 Å². The average Bonchev–Trinajstić information content (AvgIpc) is 2.63. The van der Waals surface area contributed by atoms with Crippen molar-refractivity contribution in [2.45, 2.75) is 46.8 Å². The van der Waals surface area contributed by atoms with Crippen LogP contribution < -0.4 is 10.6 Å². The van der Waals surface area contributed by atoms with Crippen LogP contribution in [0.1, 0.15) is 43.9 Å². The van der Waals surface area contributed by atoms with Crippen molar-refractivity contribution in [3.05, 3.63) is 65.2 Å². The molecule has 0 saturated carbocycles. The number of hydrogen-bond acceptors (Lipinski definition) is 3. The van der Waals surface area contributed by atoms with Crippen LogP contribution in [-0.4, -0.2) is 23.9 Å². The maximum Gasteiger partial charge on any atom is 0.221 e. The van der Waals surface area contributed by atoms with Gasteiger partial charge in [-0.25, -0.2) is 0 Å². The van der Waals surface area contributed by atoms with Gasteiger partial charge in [0, 0.05) is 45.3 Å². The molecule has 2 atom stereocenters. The van der Waals surface area contributed by atoms with Gasteiger partial charge < -0.3 is 10.6 Å². The fraction of sp³-hybridized carbons (Fsp3) is 0.458. The standard InChI is InChI=1S/C24H33N3O/c1-18-12-19(2)16-27(15-18)17-23-6-4-21(5-7-23)13-25-14-22-8-10-24(11-9-22)26-20(3)28/h4-11,18-19,25H,12-17H2,1-3H3,(H,26,28)/t18-,19+. The van der Waals surface area contributed by atoms with Crippen molar-refractivity contribution >= 4 is 11.6 Å². The van der Waals surface area contributed by atoms with Crippen molar-refractivity contribution in [2.75, 3.05) is 18.4 Å². The summed E-state index contributed by atoms with van der Waals surface area (Å²) in [7, 11) is 0. The van der Waals surface area contributed by atoms with E-state index in [-0.39, 0.29) is 5.91 Å². The molecule has 0 aromatic heterocycles. The lowest BCUT2D eigenvalue weighted by molar-refractivity contribution is -0.114. The Balaban J connectivity index is 1.43. The summed E-state index contributed by atoms with van der Waals surface area (Å²) in [5, 5.41) is 6.28. The van der Waals surface area contributed by atoms with Crippen LogP contribution in [0.5, 0.6) is 0 Å². The molecule has 1 saturated heterocycles. The zero-order valence-electron chi connectivity index (χ0n) is 17.4. The Morgan fingerprint density at radius 1 is 0.893 bits per heavy atom. The third-order valence-corrected chi connectivity index (χ3v) is 5.31. The number of anilines is 1. The molecule has 1 aliphatic heterocycles. The second-order valence-corrected chi connectivity index (χ2v) is 8.44. The first-order chi connectivity index (χ1) is 13.5. The fourth-order valence-electron chi connectivity index (χ4n) is 4.20. The zero-order valence-corrected chi connectivity index (χ0v) is 17.4. The van der Waals surface area contributed by atoms with Crippen molar-refractivity contribution in [1.82, 2.24) is 10.2 Å². The van der Waals surface area contributed by atoms with E-state index in [0.29, 0.717) is 0 Å². The van der Waals surface area contributed by atoms with Crippen LogP contribution in [0.4, 0.5) is 5.69 Å². The third kappa shape index (κ3) is 6.47. The summed E-state index contributed by atoms with van der Waals surface area (Å²) in [6.07, 6.45) is 1.36. The highest BCUT2D eigenvalue weighted by Crippen LogP contribution is 2.22. The molecule has 0 aliphatic carbocycles. The van der Waals surface area contributed by atoms with Crippen LogP contribution in [0.25, 0.3) is 0 Å². The van der Waals surface area contributed by atoms with E-state index in [1.54, 1.807) is 0 Å². The number of amides is 1. The van der Waals surface area contributed by atoms with Gasteiger partial charge >= 0.3 is 0 Å². The lowest BCUT2D eigenvalue weighted by Crippen LogP contribution is -2.38. The van der Waals surface area contributed by atoms with Gasteiger partial charge in [0.1, 0.15) is 0 Å². The van der Waals surface area contributed by atoms with Gasteiger partial charge in [-0.05, 0) is 47.1 Å². The molecule has 1 heterocycles. The molecule has 0 bridgehead atoms. The summed E-state index contributed by atoms with van der Waals surface area (Å²) in [4.78, 5) is 13.7. The SMILES string of the molecule is CC(=O)Nc1ccc(CNCc2ccc(CN3C[C@H](C)C[C@H](C)C3)cc2)cc1. The van der Waals surface area contributed by atoms with E-state index in [0.717, 1.165) is 37.2 Å². The molecule has 2 N–H and O–H groups in total. The highest BCUT2D eigenvalue weighted by molar-refractivity contribution is 5.88. The average molecular weight is 380 g/mol. The monoisotopic (exact) mass is 379 g/mol. The number of carbonyl (C=O) groups is 1. The van der Waals surface area contributed by atoms with Crippen LogP contribution in [0.2, 0.25) is 0 Å². The zero-order chi connectivity index (χ0) is 19.9. The van der Waals surface area contributed by atoms with Crippen LogP contribution in [0.3, 0.4) is 0 Å². The normalized spacial score (nSPS) is 20.1. The summed E-state index contributed by atoms with van der Waals surface area (Å²) in [5.74, 6) is 1.57. The first-order valence-corrected chi connectivity index (χ1v) is 10.4. The third-order valence-electron chi connectivity index (χ3n) is 5.31. The molecule has 0 spiro atoms. The summed E-state index contributed by atoms with van der Waals surface area (Å²) < 4.78 is 0. The number of hydrogen-bond donors (Lipinski definition) is 2. The Kier molecular flexibility index (Phi) is 7.24. The summed E-state index contributed by atoms with van der Waals surface area (Å²) in [5.41, 5.74) is 4.75. The van der Waals surface area contributed by atoms with Crippen LogP contribution >= 0.6 is 0 Å². The quantitative estimate of drug-likeness (QED) is 0.749. The highest BCUT2D eigenvalue weighted by atomic mass is 16.1. The molecule has 1 fully saturated rings. The number of nitrogens with one attached hydrogen (secondary N) is 2. The molecule has 28 heavy (non-hydrogen) atoms. The van der Waals surface area contributed by atoms with Crippen molar-refractivity contribution in [2.24, 2.45) is 11.8 Å². The predicted octanol–water partition coefficient (Wildman–Crippen LogP) is 4.41. The first-order valence-electron chi connectivity index (χ1n) is 10.4. The minimum atomic E-state index is -0.0429. The Morgan fingerprint density at radius 3 is 1.93 bits per heavy atom. The number of piperidine rings is 1. The minimum absolute atomic E-state index is 0.0429. The number of nitrogens with zero attached hydrogens (tertiary/aromatic N) is 1. The molecule has 4 nitrogen and oxygen atoms in total. The van der Waals surface area contributed by atoms with Gasteiger partial charge in [-0.15, -0.1) is 0 Å². The van der Waals surface area contributed by atoms with Crippen molar-refractivity contribution in [3.63, 3.8) is 0 Å². The summed E-state index contributed by atoms with van der Waals surface area (Å²) in [6.45, 7) is 11.4. The maximum atomic E-state index is 11.1. The topological polar surface area (TPSA) is 44.4 Å². The first kappa shape index (κ1) is 20.6. The molecular formula is C24H33N3O. The molecule has 2 aromatic carbocycles. The van der Waals surface area contributed by atoms with E-state index in [2.05, 4.69) is 53.6 Å². The Bertz CT molecular complexity index is 744. The van der Waals surface area contributed by atoms with Gasteiger partial charge in [0.2, 0.25) is 5.91 Å². The fourth-order valence-corrected chi connectivity index (χ4v) is 4.20. The van der Waals surface area contributed by atoms with Crippen molar-refractivity contribution < 1.29 is 4.79 Å². The van der Waals surface area contributed by atoms with Gasteiger partial charge in [0.05, 0.1) is 0 Å². The lowest BCUT2D eigenvalue weighted by atomic mass is 9.91. The largest absolute Gasteiger partial charge is 0.326 e. The Morgan fingerprint density at radius 2 is 1.39 bits per heavy atom. The van der Waals surface area contributed by atoms with E-state index < -0.39 is 0 Å². The smallest absolute Gasteiger partial charge is 0.221 e. The number of rotatable bonds is 7. The molecule has 150 valence electrons. The van der Waals surface area contributed by atoms with E-state index >= 15 is 0 Å². The van der Waals surface area contributed by atoms with Crippen LogP contribution in [0, 0.1) is 11.8 Å². The lowest BCUT2D eigenvalue weighted by Gasteiger charge is -2.35. The minimum Gasteiger partial charge on any atom is -0.326 e. The number of benzene rings is 2. The Labute approximate surface area is 169 Å². The van der Waals surface area contributed by atoms with E-state index in [9.17, 15) is 4.79 Å². The molecule has 1 amide bonds. The molecular weight excluding hydrogens is 346 g/mol. The summed E-state index contributed by atoms with van der Waals surface area (Å²) >= 11 is 0. The van der Waals surface area contributed by atoms with Crippen molar-refractivity contribution in [1.29, 1.82) is 0 Å². The van der Waals surface area contributed by atoms with Crippen LogP contribution in [-0.2, 0) is 24.4 Å². The molecule has 2 aromatic rings. The van der Waals surface area contributed by atoms with Gasteiger partial charge in [-0.2, -0.15) is 0 Å².